The molecule has 1 aromatic rings. The minimum atomic E-state index is 0.414. The van der Waals surface area contributed by atoms with E-state index < -0.39 is 0 Å². The molecule has 0 aliphatic rings. The maximum absolute atomic E-state index is 5.59. The Morgan fingerprint density at radius 2 is 1.93 bits per heavy atom. The summed E-state index contributed by atoms with van der Waals surface area (Å²) >= 11 is 0. The van der Waals surface area contributed by atoms with E-state index in [1.165, 1.54) is 0 Å². The average Bonchev–Trinajstić information content (AvgIpc) is 2.69. The number of rotatable bonds is 7. The van der Waals surface area contributed by atoms with E-state index >= 15 is 0 Å². The molecule has 0 saturated heterocycles. The van der Waals surface area contributed by atoms with Crippen LogP contribution >= 0.6 is 0 Å². The van der Waals surface area contributed by atoms with Gasteiger partial charge in [-0.05, 0) is 25.8 Å². The summed E-state index contributed by atoms with van der Waals surface area (Å²) in [5.74, 6) is 1.90. The Morgan fingerprint density at radius 3 is 2.53 bits per heavy atom. The van der Waals surface area contributed by atoms with Gasteiger partial charge in [-0.3, -0.25) is 0 Å². The summed E-state index contributed by atoms with van der Waals surface area (Å²) < 4.78 is 5.59. The molecule has 15 heavy (non-hydrogen) atoms. The van der Waals surface area contributed by atoms with Crippen molar-refractivity contribution >= 4 is 0 Å². The fraction of sp³-hybridized carbons (Fsp3) is 0.818. The molecule has 0 aliphatic carbocycles. The summed E-state index contributed by atoms with van der Waals surface area (Å²) in [5.41, 5.74) is 0. The molecule has 0 unspecified atom stereocenters. The van der Waals surface area contributed by atoms with Crippen molar-refractivity contribution < 1.29 is 4.42 Å². The van der Waals surface area contributed by atoms with Crippen LogP contribution in [0.15, 0.2) is 4.42 Å². The summed E-state index contributed by atoms with van der Waals surface area (Å²) in [6.45, 7) is 8.10. The highest BCUT2D eigenvalue weighted by Crippen LogP contribution is 2.21. The van der Waals surface area contributed by atoms with Gasteiger partial charge in [-0.15, -0.1) is 10.2 Å². The fourth-order valence-corrected chi connectivity index (χ4v) is 1.51. The van der Waals surface area contributed by atoms with E-state index in [0.717, 1.165) is 31.7 Å². The maximum atomic E-state index is 5.59. The Labute approximate surface area is 91.5 Å². The van der Waals surface area contributed by atoms with Gasteiger partial charge >= 0.3 is 0 Å². The molecule has 1 heterocycles. The van der Waals surface area contributed by atoms with Crippen molar-refractivity contribution in [3.8, 4) is 0 Å². The molecule has 4 nitrogen and oxygen atoms in total. The molecule has 1 aromatic heterocycles. The van der Waals surface area contributed by atoms with E-state index in [1.54, 1.807) is 0 Å². The normalized spacial score (nSPS) is 11.2. The minimum Gasteiger partial charge on any atom is -0.424 e. The van der Waals surface area contributed by atoms with Crippen LogP contribution in [-0.4, -0.2) is 16.7 Å². The van der Waals surface area contributed by atoms with Gasteiger partial charge in [-0.25, -0.2) is 0 Å². The zero-order valence-electron chi connectivity index (χ0n) is 9.92. The van der Waals surface area contributed by atoms with Crippen molar-refractivity contribution in [2.45, 2.75) is 52.5 Å². The van der Waals surface area contributed by atoms with E-state index in [-0.39, 0.29) is 0 Å². The number of nitrogens with zero attached hydrogens (tertiary/aromatic N) is 2. The van der Waals surface area contributed by atoms with Crippen LogP contribution in [0, 0.1) is 0 Å². The number of nitrogens with one attached hydrogen (secondary N) is 1. The summed E-state index contributed by atoms with van der Waals surface area (Å²) in [5, 5.41) is 11.3. The van der Waals surface area contributed by atoms with Gasteiger partial charge in [0.15, 0.2) is 0 Å². The lowest BCUT2D eigenvalue weighted by molar-refractivity contribution is 0.394. The van der Waals surface area contributed by atoms with E-state index in [0.29, 0.717) is 18.4 Å². The largest absolute Gasteiger partial charge is 0.424 e. The molecule has 86 valence electrons. The van der Waals surface area contributed by atoms with Crippen LogP contribution in [0.1, 0.15) is 57.7 Å². The number of hydrogen-bond acceptors (Lipinski definition) is 4. The molecule has 0 spiro atoms. The van der Waals surface area contributed by atoms with Crippen LogP contribution in [0.25, 0.3) is 0 Å². The second-order valence-corrected chi connectivity index (χ2v) is 3.72. The van der Waals surface area contributed by atoms with Crippen molar-refractivity contribution in [3.63, 3.8) is 0 Å². The molecule has 0 saturated carbocycles. The first-order valence-electron chi connectivity index (χ1n) is 5.84. The van der Waals surface area contributed by atoms with Gasteiger partial charge in [0.2, 0.25) is 11.8 Å². The fourth-order valence-electron chi connectivity index (χ4n) is 1.51. The van der Waals surface area contributed by atoms with E-state index in [9.17, 15) is 0 Å². The van der Waals surface area contributed by atoms with Gasteiger partial charge < -0.3 is 9.73 Å². The molecule has 0 radical (unpaired) electrons. The Bertz CT molecular complexity index is 269. The van der Waals surface area contributed by atoms with Crippen LogP contribution in [0.3, 0.4) is 0 Å². The summed E-state index contributed by atoms with van der Waals surface area (Å²) in [6, 6.07) is 0. The first kappa shape index (κ1) is 12.2. The van der Waals surface area contributed by atoms with Crippen molar-refractivity contribution in [3.05, 3.63) is 11.8 Å². The van der Waals surface area contributed by atoms with Gasteiger partial charge in [0, 0.05) is 5.92 Å². The summed E-state index contributed by atoms with van der Waals surface area (Å²) in [4.78, 5) is 0. The van der Waals surface area contributed by atoms with Gasteiger partial charge in [-0.1, -0.05) is 20.8 Å². The van der Waals surface area contributed by atoms with E-state index in [1.807, 2.05) is 0 Å². The van der Waals surface area contributed by atoms with Gasteiger partial charge in [0.1, 0.15) is 0 Å². The van der Waals surface area contributed by atoms with Crippen molar-refractivity contribution in [1.82, 2.24) is 15.5 Å². The molecular formula is C11H21N3O. The molecule has 0 amide bonds. The standard InChI is InChI=1S/C11H21N3O/c1-4-7-12-8-10-13-14-11(15-10)9(5-2)6-3/h9,12H,4-8H2,1-3H3. The highest BCUT2D eigenvalue weighted by atomic mass is 16.4. The number of aromatic nitrogens is 2. The second-order valence-electron chi connectivity index (χ2n) is 3.72. The van der Waals surface area contributed by atoms with E-state index in [2.05, 4.69) is 36.3 Å². The van der Waals surface area contributed by atoms with Crippen LogP contribution in [-0.2, 0) is 6.54 Å². The molecule has 1 rings (SSSR count). The lowest BCUT2D eigenvalue weighted by Gasteiger charge is -2.05. The number of hydrogen-bond donors (Lipinski definition) is 1. The van der Waals surface area contributed by atoms with Gasteiger partial charge in [0.25, 0.3) is 0 Å². The highest BCUT2D eigenvalue weighted by molar-refractivity contribution is 4.90. The molecular weight excluding hydrogens is 190 g/mol. The Kier molecular flexibility index (Phi) is 5.32. The lowest BCUT2D eigenvalue weighted by Crippen LogP contribution is -2.13. The van der Waals surface area contributed by atoms with Crippen molar-refractivity contribution in [2.75, 3.05) is 6.54 Å². The SMILES string of the molecule is CCCNCc1nnc(C(CC)CC)o1. The lowest BCUT2D eigenvalue weighted by atomic mass is 10.0. The van der Waals surface area contributed by atoms with Crippen LogP contribution in [0.4, 0.5) is 0 Å². The Balaban J connectivity index is 2.47. The molecule has 0 aromatic carbocycles. The van der Waals surface area contributed by atoms with Crippen LogP contribution < -0.4 is 5.32 Å². The van der Waals surface area contributed by atoms with E-state index in [4.69, 9.17) is 4.42 Å². The Morgan fingerprint density at radius 1 is 1.20 bits per heavy atom. The summed E-state index contributed by atoms with van der Waals surface area (Å²) in [7, 11) is 0. The quantitative estimate of drug-likeness (QED) is 0.704. The van der Waals surface area contributed by atoms with Crippen molar-refractivity contribution in [1.29, 1.82) is 0 Å². The molecule has 0 bridgehead atoms. The smallest absolute Gasteiger partial charge is 0.230 e. The molecule has 0 atom stereocenters. The maximum Gasteiger partial charge on any atom is 0.230 e. The second kappa shape index (κ2) is 6.56. The zero-order valence-corrected chi connectivity index (χ0v) is 9.92. The molecule has 0 fully saturated rings. The topological polar surface area (TPSA) is 51.0 Å². The van der Waals surface area contributed by atoms with Gasteiger partial charge in [0.05, 0.1) is 6.54 Å². The first-order valence-corrected chi connectivity index (χ1v) is 5.84. The minimum absolute atomic E-state index is 0.414. The third kappa shape index (κ3) is 3.63. The zero-order chi connectivity index (χ0) is 11.1. The molecule has 1 N–H and O–H groups in total. The highest BCUT2D eigenvalue weighted by Gasteiger charge is 2.14. The average molecular weight is 211 g/mol. The predicted octanol–water partition coefficient (Wildman–Crippen LogP) is 2.47. The van der Waals surface area contributed by atoms with Gasteiger partial charge in [-0.2, -0.15) is 0 Å². The van der Waals surface area contributed by atoms with Crippen LogP contribution in [0.2, 0.25) is 0 Å². The first-order chi connectivity index (χ1) is 7.31. The predicted molar refractivity (Wildman–Crippen MR) is 59.6 cm³/mol. The van der Waals surface area contributed by atoms with Crippen molar-refractivity contribution in [2.24, 2.45) is 0 Å². The molecule has 4 heteroatoms. The summed E-state index contributed by atoms with van der Waals surface area (Å²) in [6.07, 6.45) is 3.23. The third-order valence-electron chi connectivity index (χ3n) is 2.52. The molecule has 0 aliphatic heterocycles. The monoisotopic (exact) mass is 211 g/mol. The Hall–Kier alpha value is -0.900. The third-order valence-corrected chi connectivity index (χ3v) is 2.52. The van der Waals surface area contributed by atoms with Crippen LogP contribution in [0.5, 0.6) is 0 Å².